The van der Waals surface area contributed by atoms with Gasteiger partial charge in [-0.05, 0) is 42.7 Å². The second-order valence-electron chi connectivity index (χ2n) is 6.82. The van der Waals surface area contributed by atoms with Crippen LogP contribution in [-0.2, 0) is 4.79 Å². The zero-order chi connectivity index (χ0) is 16.8. The fourth-order valence-electron chi connectivity index (χ4n) is 3.42. The number of amides is 1. The van der Waals surface area contributed by atoms with Crippen LogP contribution in [0.4, 0.5) is 0 Å². The number of carbonyl (C=O) groups excluding carboxylic acids is 1. The van der Waals surface area contributed by atoms with Crippen molar-refractivity contribution in [2.45, 2.75) is 64.0 Å². The molecule has 3 nitrogen and oxygen atoms in total. The van der Waals surface area contributed by atoms with Gasteiger partial charge >= 0.3 is 0 Å². The molecule has 3 heteroatoms. The number of nitrogens with one attached hydrogen (secondary N) is 1. The van der Waals surface area contributed by atoms with Crippen LogP contribution in [0.3, 0.4) is 0 Å². The van der Waals surface area contributed by atoms with Gasteiger partial charge in [0.1, 0.15) is 5.75 Å². The number of hydrogen-bond donors (Lipinski definition) is 1. The van der Waals surface area contributed by atoms with Crippen molar-refractivity contribution in [3.8, 4) is 5.75 Å². The van der Waals surface area contributed by atoms with Gasteiger partial charge in [-0.2, -0.15) is 0 Å². The SMILES string of the molecule is CC(Oc1ccc2ccccc2c1)C(=O)NC1CCCCCCC1. The Kier molecular flexibility index (Phi) is 5.73. The maximum Gasteiger partial charge on any atom is 0.260 e. The highest BCUT2D eigenvalue weighted by atomic mass is 16.5. The normalized spacial score (nSPS) is 17.7. The molecule has 1 aliphatic rings. The van der Waals surface area contributed by atoms with E-state index < -0.39 is 6.10 Å². The zero-order valence-electron chi connectivity index (χ0n) is 14.5. The van der Waals surface area contributed by atoms with Crippen LogP contribution in [0.25, 0.3) is 10.8 Å². The van der Waals surface area contributed by atoms with Gasteiger partial charge in [-0.15, -0.1) is 0 Å². The molecule has 1 saturated carbocycles. The molecule has 0 aromatic heterocycles. The first-order valence-corrected chi connectivity index (χ1v) is 9.18. The van der Waals surface area contributed by atoms with Crippen LogP contribution < -0.4 is 10.1 Å². The van der Waals surface area contributed by atoms with E-state index in [-0.39, 0.29) is 5.91 Å². The molecule has 24 heavy (non-hydrogen) atoms. The Hall–Kier alpha value is -2.03. The van der Waals surface area contributed by atoms with E-state index in [2.05, 4.69) is 17.4 Å². The number of rotatable bonds is 4. The van der Waals surface area contributed by atoms with E-state index in [4.69, 9.17) is 4.74 Å². The number of carbonyl (C=O) groups is 1. The van der Waals surface area contributed by atoms with Gasteiger partial charge < -0.3 is 10.1 Å². The first-order valence-electron chi connectivity index (χ1n) is 9.18. The van der Waals surface area contributed by atoms with Gasteiger partial charge in [0.25, 0.3) is 5.91 Å². The lowest BCUT2D eigenvalue weighted by Gasteiger charge is -2.23. The van der Waals surface area contributed by atoms with E-state index in [1.54, 1.807) is 0 Å². The fourth-order valence-corrected chi connectivity index (χ4v) is 3.42. The van der Waals surface area contributed by atoms with Crippen molar-refractivity contribution >= 4 is 16.7 Å². The fraction of sp³-hybridized carbons (Fsp3) is 0.476. The minimum atomic E-state index is -0.475. The van der Waals surface area contributed by atoms with E-state index in [0.717, 1.165) is 24.0 Å². The van der Waals surface area contributed by atoms with Gasteiger partial charge in [0.2, 0.25) is 0 Å². The quantitative estimate of drug-likeness (QED) is 0.874. The van der Waals surface area contributed by atoms with Gasteiger partial charge in [0.05, 0.1) is 0 Å². The Morgan fingerprint density at radius 1 is 1.00 bits per heavy atom. The maximum atomic E-state index is 12.4. The molecule has 128 valence electrons. The number of benzene rings is 2. The summed E-state index contributed by atoms with van der Waals surface area (Å²) < 4.78 is 5.87. The summed E-state index contributed by atoms with van der Waals surface area (Å²) in [6, 6.07) is 14.4. The topological polar surface area (TPSA) is 38.3 Å². The van der Waals surface area contributed by atoms with Crippen LogP contribution in [0.5, 0.6) is 5.75 Å². The highest BCUT2D eigenvalue weighted by molar-refractivity contribution is 5.84. The standard InChI is InChI=1S/C21H27NO2/c1-16(21(23)22-19-11-5-3-2-4-6-12-19)24-20-14-13-17-9-7-8-10-18(17)15-20/h7-10,13-16,19H,2-6,11-12H2,1H3,(H,22,23). The zero-order valence-corrected chi connectivity index (χ0v) is 14.5. The lowest BCUT2D eigenvalue weighted by Crippen LogP contribution is -2.42. The van der Waals surface area contributed by atoms with Crippen molar-refractivity contribution in [2.75, 3.05) is 0 Å². The first kappa shape index (κ1) is 16.8. The second-order valence-corrected chi connectivity index (χ2v) is 6.82. The minimum Gasteiger partial charge on any atom is -0.481 e. The highest BCUT2D eigenvalue weighted by Gasteiger charge is 2.19. The van der Waals surface area contributed by atoms with Crippen molar-refractivity contribution < 1.29 is 9.53 Å². The van der Waals surface area contributed by atoms with Crippen LogP contribution in [-0.4, -0.2) is 18.1 Å². The van der Waals surface area contributed by atoms with Gasteiger partial charge in [0, 0.05) is 6.04 Å². The average molecular weight is 325 g/mol. The van der Waals surface area contributed by atoms with Crippen LogP contribution in [0.15, 0.2) is 42.5 Å². The summed E-state index contributed by atoms with van der Waals surface area (Å²) >= 11 is 0. The Labute approximate surface area is 144 Å². The van der Waals surface area contributed by atoms with Crippen LogP contribution >= 0.6 is 0 Å². The molecule has 0 saturated heterocycles. The Morgan fingerprint density at radius 2 is 1.67 bits per heavy atom. The average Bonchev–Trinajstić information content (AvgIpc) is 2.57. The van der Waals surface area contributed by atoms with Crippen molar-refractivity contribution in [3.05, 3.63) is 42.5 Å². The summed E-state index contributed by atoms with van der Waals surface area (Å²) in [6.45, 7) is 1.83. The molecule has 0 aliphatic heterocycles. The third-order valence-corrected chi connectivity index (χ3v) is 4.85. The smallest absolute Gasteiger partial charge is 0.260 e. The highest BCUT2D eigenvalue weighted by Crippen LogP contribution is 2.22. The van der Waals surface area contributed by atoms with E-state index in [0.29, 0.717) is 6.04 Å². The van der Waals surface area contributed by atoms with E-state index >= 15 is 0 Å². The lowest BCUT2D eigenvalue weighted by molar-refractivity contribution is -0.128. The van der Waals surface area contributed by atoms with Crippen molar-refractivity contribution in [1.82, 2.24) is 5.32 Å². The third kappa shape index (κ3) is 4.50. The molecule has 1 aliphatic carbocycles. The molecule has 0 bridgehead atoms. The van der Waals surface area contributed by atoms with E-state index in [1.807, 2.05) is 37.3 Å². The monoisotopic (exact) mass is 325 g/mol. The lowest BCUT2D eigenvalue weighted by atomic mass is 9.96. The summed E-state index contributed by atoms with van der Waals surface area (Å²) in [6.07, 6.45) is 8.04. The number of ether oxygens (including phenoxy) is 1. The van der Waals surface area contributed by atoms with E-state index in [1.165, 1.54) is 37.5 Å². The van der Waals surface area contributed by atoms with Crippen LogP contribution in [0, 0.1) is 0 Å². The minimum absolute atomic E-state index is 0.00580. The molecule has 1 amide bonds. The summed E-state index contributed by atoms with van der Waals surface area (Å²) in [5.41, 5.74) is 0. The second kappa shape index (κ2) is 8.18. The molecule has 3 rings (SSSR count). The van der Waals surface area contributed by atoms with Crippen LogP contribution in [0.2, 0.25) is 0 Å². The van der Waals surface area contributed by atoms with Gasteiger partial charge in [-0.1, -0.05) is 62.4 Å². The van der Waals surface area contributed by atoms with E-state index in [9.17, 15) is 4.79 Å². The van der Waals surface area contributed by atoms with Gasteiger partial charge in [-0.25, -0.2) is 0 Å². The third-order valence-electron chi connectivity index (χ3n) is 4.85. The molecule has 1 fully saturated rings. The molecule has 0 radical (unpaired) electrons. The molecule has 1 atom stereocenters. The van der Waals surface area contributed by atoms with Crippen molar-refractivity contribution in [2.24, 2.45) is 0 Å². The predicted octanol–water partition coefficient (Wildman–Crippen LogP) is 4.84. The van der Waals surface area contributed by atoms with Crippen molar-refractivity contribution in [3.63, 3.8) is 0 Å². The number of fused-ring (bicyclic) bond motifs is 1. The number of hydrogen-bond acceptors (Lipinski definition) is 2. The molecule has 1 N–H and O–H groups in total. The molecule has 0 spiro atoms. The first-order chi connectivity index (χ1) is 11.7. The molecule has 0 heterocycles. The van der Waals surface area contributed by atoms with Gasteiger partial charge in [-0.3, -0.25) is 4.79 Å². The molecule has 2 aromatic carbocycles. The molecular weight excluding hydrogens is 298 g/mol. The molecule has 1 unspecified atom stereocenters. The maximum absolute atomic E-state index is 12.4. The largest absolute Gasteiger partial charge is 0.481 e. The summed E-state index contributed by atoms with van der Waals surface area (Å²) in [5, 5.41) is 5.48. The predicted molar refractivity (Wildman–Crippen MR) is 98.3 cm³/mol. The van der Waals surface area contributed by atoms with Gasteiger partial charge in [0.15, 0.2) is 6.10 Å². The Balaban J connectivity index is 1.58. The Bertz CT molecular complexity index is 674. The van der Waals surface area contributed by atoms with Crippen LogP contribution in [0.1, 0.15) is 51.9 Å². The molecular formula is C21H27NO2. The Morgan fingerprint density at radius 3 is 2.42 bits per heavy atom. The summed E-state index contributed by atoms with van der Waals surface area (Å²) in [5.74, 6) is 0.739. The molecule has 2 aromatic rings. The summed E-state index contributed by atoms with van der Waals surface area (Å²) in [7, 11) is 0. The van der Waals surface area contributed by atoms with Crippen molar-refractivity contribution in [1.29, 1.82) is 0 Å². The summed E-state index contributed by atoms with van der Waals surface area (Å²) in [4.78, 5) is 12.4.